The molecule has 0 radical (unpaired) electrons. The average molecular weight is 515 g/mol. The van der Waals surface area contributed by atoms with Gasteiger partial charge in [0.05, 0.1) is 6.54 Å². The lowest BCUT2D eigenvalue weighted by Crippen LogP contribution is -2.30. The summed E-state index contributed by atoms with van der Waals surface area (Å²) < 4.78 is 17.2. The van der Waals surface area contributed by atoms with Crippen molar-refractivity contribution >= 4 is 40.6 Å². The third-order valence-corrected chi connectivity index (χ3v) is 5.76. The van der Waals surface area contributed by atoms with E-state index in [1.165, 1.54) is 6.07 Å². The molecular formula is C23H19FIN3O2. The number of halogens is 2. The molecule has 3 amide bonds. The van der Waals surface area contributed by atoms with Gasteiger partial charge in [-0.05, 0) is 78.4 Å². The van der Waals surface area contributed by atoms with Crippen molar-refractivity contribution in [3.63, 3.8) is 0 Å². The van der Waals surface area contributed by atoms with Gasteiger partial charge >= 0.3 is 6.03 Å². The van der Waals surface area contributed by atoms with Crippen LogP contribution in [-0.4, -0.2) is 21.4 Å². The molecule has 4 rings (SSSR count). The van der Waals surface area contributed by atoms with E-state index in [2.05, 4.69) is 38.5 Å². The van der Waals surface area contributed by atoms with Crippen LogP contribution in [0, 0.1) is 23.2 Å². The highest BCUT2D eigenvalue weighted by atomic mass is 127. The SMILES string of the molecule is Cc1cc(C=C2NC(=O)N(Cc3ccccc3F)C2=O)c(C)n1-c1cccc(I)c1. The Morgan fingerprint density at radius 3 is 2.57 bits per heavy atom. The number of carbonyl (C=O) groups excluding carboxylic acids is 2. The molecule has 30 heavy (non-hydrogen) atoms. The maximum atomic E-state index is 13.9. The maximum absolute atomic E-state index is 13.9. The van der Waals surface area contributed by atoms with Crippen molar-refractivity contribution in [2.75, 3.05) is 0 Å². The Bertz CT molecular complexity index is 1200. The fourth-order valence-corrected chi connectivity index (χ4v) is 4.14. The third kappa shape index (κ3) is 3.77. The molecule has 2 aromatic carbocycles. The molecule has 0 unspecified atom stereocenters. The number of hydrogen-bond donors (Lipinski definition) is 1. The average Bonchev–Trinajstić information content (AvgIpc) is 3.13. The molecule has 0 saturated carbocycles. The number of rotatable bonds is 4. The molecule has 0 aliphatic carbocycles. The molecule has 1 aromatic heterocycles. The van der Waals surface area contributed by atoms with E-state index in [0.717, 1.165) is 31.1 Å². The van der Waals surface area contributed by atoms with Crippen LogP contribution in [0.15, 0.2) is 60.3 Å². The van der Waals surface area contributed by atoms with Gasteiger partial charge in [0.2, 0.25) is 0 Å². The maximum Gasteiger partial charge on any atom is 0.329 e. The summed E-state index contributed by atoms with van der Waals surface area (Å²) in [5, 5.41) is 2.61. The summed E-state index contributed by atoms with van der Waals surface area (Å²) in [6.07, 6.45) is 1.67. The minimum atomic E-state index is -0.555. The topological polar surface area (TPSA) is 54.3 Å². The Morgan fingerprint density at radius 2 is 1.83 bits per heavy atom. The van der Waals surface area contributed by atoms with Crippen molar-refractivity contribution < 1.29 is 14.0 Å². The predicted octanol–water partition coefficient (Wildman–Crippen LogP) is 4.93. The van der Waals surface area contributed by atoms with Crippen molar-refractivity contribution in [1.82, 2.24) is 14.8 Å². The van der Waals surface area contributed by atoms with E-state index in [1.807, 2.05) is 38.1 Å². The summed E-state index contributed by atoms with van der Waals surface area (Å²) in [7, 11) is 0. The first kappa shape index (κ1) is 20.3. The van der Waals surface area contributed by atoms with E-state index >= 15 is 0 Å². The van der Waals surface area contributed by atoms with Gasteiger partial charge in [0.25, 0.3) is 5.91 Å². The van der Waals surface area contributed by atoms with Gasteiger partial charge in [-0.3, -0.25) is 9.69 Å². The molecule has 2 heterocycles. The van der Waals surface area contributed by atoms with E-state index in [-0.39, 0.29) is 12.2 Å². The van der Waals surface area contributed by atoms with Crippen LogP contribution in [0.5, 0.6) is 0 Å². The number of urea groups is 1. The number of carbonyl (C=O) groups is 2. The monoisotopic (exact) mass is 515 g/mol. The molecule has 1 aliphatic heterocycles. The first-order chi connectivity index (χ1) is 14.3. The van der Waals surface area contributed by atoms with Gasteiger partial charge < -0.3 is 9.88 Å². The van der Waals surface area contributed by atoms with Crippen LogP contribution in [0.3, 0.4) is 0 Å². The van der Waals surface area contributed by atoms with Gasteiger partial charge in [-0.25, -0.2) is 9.18 Å². The Hall–Kier alpha value is -2.94. The standard InChI is InChI=1S/C23H19FIN3O2/c1-14-10-17(15(2)28(14)19-8-5-7-18(25)12-19)11-21-22(29)27(23(30)26-21)13-16-6-3-4-9-20(16)24/h3-12H,13H2,1-2H3,(H,26,30). The van der Waals surface area contributed by atoms with Crippen molar-refractivity contribution in [3.05, 3.63) is 92.2 Å². The van der Waals surface area contributed by atoms with Crippen LogP contribution in [0.1, 0.15) is 22.5 Å². The third-order valence-electron chi connectivity index (χ3n) is 5.09. The number of aryl methyl sites for hydroxylation is 1. The fraction of sp³-hybridized carbons (Fsp3) is 0.130. The Kier molecular flexibility index (Phi) is 5.46. The first-order valence-corrected chi connectivity index (χ1v) is 10.5. The molecular weight excluding hydrogens is 496 g/mol. The molecule has 0 bridgehead atoms. The number of benzene rings is 2. The quantitative estimate of drug-likeness (QED) is 0.305. The van der Waals surface area contributed by atoms with Crippen LogP contribution in [0.25, 0.3) is 11.8 Å². The zero-order valence-electron chi connectivity index (χ0n) is 16.4. The Morgan fingerprint density at radius 1 is 1.07 bits per heavy atom. The number of aromatic nitrogens is 1. The molecule has 1 aliphatic rings. The smallest absolute Gasteiger partial charge is 0.318 e. The van der Waals surface area contributed by atoms with Gasteiger partial charge in [-0.2, -0.15) is 0 Å². The zero-order chi connectivity index (χ0) is 21.4. The second-order valence-electron chi connectivity index (χ2n) is 7.11. The highest BCUT2D eigenvalue weighted by Gasteiger charge is 2.34. The van der Waals surface area contributed by atoms with E-state index < -0.39 is 17.8 Å². The second-order valence-corrected chi connectivity index (χ2v) is 8.36. The highest BCUT2D eigenvalue weighted by Crippen LogP contribution is 2.25. The number of hydrogen-bond acceptors (Lipinski definition) is 2. The number of nitrogens with zero attached hydrogens (tertiary/aromatic N) is 2. The number of nitrogens with one attached hydrogen (secondary N) is 1. The van der Waals surface area contributed by atoms with Gasteiger partial charge in [0.15, 0.2) is 0 Å². The Labute approximate surface area is 187 Å². The summed E-state index contributed by atoms with van der Waals surface area (Å²) >= 11 is 2.27. The van der Waals surface area contributed by atoms with Crippen molar-refractivity contribution in [2.24, 2.45) is 0 Å². The van der Waals surface area contributed by atoms with Crippen LogP contribution in [0.4, 0.5) is 9.18 Å². The summed E-state index contributed by atoms with van der Waals surface area (Å²) in [4.78, 5) is 26.2. The molecule has 0 atom stereocenters. The first-order valence-electron chi connectivity index (χ1n) is 9.38. The van der Waals surface area contributed by atoms with Crippen molar-refractivity contribution in [1.29, 1.82) is 0 Å². The number of imide groups is 1. The summed E-state index contributed by atoms with van der Waals surface area (Å²) in [5.41, 5.74) is 4.31. The molecule has 0 spiro atoms. The Balaban J connectivity index is 1.64. The molecule has 1 saturated heterocycles. The van der Waals surface area contributed by atoms with Gasteiger partial charge in [-0.1, -0.05) is 24.3 Å². The zero-order valence-corrected chi connectivity index (χ0v) is 18.6. The highest BCUT2D eigenvalue weighted by molar-refractivity contribution is 14.1. The van der Waals surface area contributed by atoms with Crippen LogP contribution in [0.2, 0.25) is 0 Å². The fourth-order valence-electron chi connectivity index (χ4n) is 3.61. The minimum absolute atomic E-state index is 0.115. The van der Waals surface area contributed by atoms with Crippen LogP contribution < -0.4 is 5.32 Å². The second kappa shape index (κ2) is 8.06. The van der Waals surface area contributed by atoms with Crippen molar-refractivity contribution in [2.45, 2.75) is 20.4 Å². The lowest BCUT2D eigenvalue weighted by atomic mass is 10.2. The van der Waals surface area contributed by atoms with Gasteiger partial charge in [0, 0.05) is 26.2 Å². The van der Waals surface area contributed by atoms with Crippen LogP contribution in [-0.2, 0) is 11.3 Å². The van der Waals surface area contributed by atoms with Gasteiger partial charge in [0.1, 0.15) is 11.5 Å². The summed E-state index contributed by atoms with van der Waals surface area (Å²) in [6.45, 7) is 3.85. The van der Waals surface area contributed by atoms with Crippen molar-refractivity contribution in [3.8, 4) is 5.69 Å². The molecule has 5 nitrogen and oxygen atoms in total. The van der Waals surface area contributed by atoms with Crippen LogP contribution >= 0.6 is 22.6 Å². The molecule has 1 N–H and O–H groups in total. The lowest BCUT2D eigenvalue weighted by Gasteiger charge is -2.12. The largest absolute Gasteiger partial charge is 0.329 e. The minimum Gasteiger partial charge on any atom is -0.318 e. The summed E-state index contributed by atoms with van der Waals surface area (Å²) in [5.74, 6) is -0.918. The van der Waals surface area contributed by atoms with Gasteiger partial charge in [-0.15, -0.1) is 0 Å². The molecule has 152 valence electrons. The number of amides is 3. The lowest BCUT2D eigenvalue weighted by molar-refractivity contribution is -0.123. The normalized spacial score (nSPS) is 15.2. The van der Waals surface area contributed by atoms with E-state index in [9.17, 15) is 14.0 Å². The molecule has 7 heteroatoms. The van der Waals surface area contributed by atoms with E-state index in [0.29, 0.717) is 5.56 Å². The molecule has 3 aromatic rings. The van der Waals surface area contributed by atoms with E-state index in [4.69, 9.17) is 0 Å². The predicted molar refractivity (Wildman–Crippen MR) is 121 cm³/mol. The summed E-state index contributed by atoms with van der Waals surface area (Å²) in [6, 6.07) is 15.7. The van der Waals surface area contributed by atoms with E-state index in [1.54, 1.807) is 24.3 Å². The molecule has 1 fully saturated rings.